The van der Waals surface area contributed by atoms with Crippen LogP contribution < -0.4 is 4.90 Å². The molecule has 120 valence electrons. The number of amides is 1. The van der Waals surface area contributed by atoms with Crippen LogP contribution in [0.2, 0.25) is 5.02 Å². The third-order valence-corrected chi connectivity index (χ3v) is 4.90. The van der Waals surface area contributed by atoms with E-state index < -0.39 is 11.7 Å². The monoisotopic (exact) mass is 357 g/mol. The molecule has 2 aromatic carbocycles. The maximum atomic E-state index is 12.9. The molecule has 0 bridgehead atoms. The Morgan fingerprint density at radius 1 is 1.13 bits per heavy atom. The highest BCUT2D eigenvalue weighted by molar-refractivity contribution is 8.00. The predicted octanol–water partition coefficient (Wildman–Crippen LogP) is 5.14. The van der Waals surface area contributed by atoms with Gasteiger partial charge < -0.3 is 0 Å². The first-order valence-corrected chi connectivity index (χ1v) is 8.15. The van der Waals surface area contributed by atoms with Crippen molar-refractivity contribution in [3.05, 3.63) is 64.7 Å². The van der Waals surface area contributed by atoms with Gasteiger partial charge in [0.15, 0.2) is 0 Å². The Kier molecular flexibility index (Phi) is 4.29. The normalized spacial score (nSPS) is 18.5. The van der Waals surface area contributed by atoms with Crippen LogP contribution in [0.3, 0.4) is 0 Å². The standard InChI is InChI=1S/C16H11ClF3NOS/c17-12-5-1-3-10(7-12)15-21(14(22)9-23-15)13-6-2-4-11(8-13)16(18,19)20/h1-8,15H,9H2. The van der Waals surface area contributed by atoms with E-state index in [4.69, 9.17) is 11.6 Å². The van der Waals surface area contributed by atoms with E-state index in [9.17, 15) is 18.0 Å². The van der Waals surface area contributed by atoms with Crippen LogP contribution >= 0.6 is 23.4 Å². The maximum Gasteiger partial charge on any atom is 0.416 e. The Labute approximate surface area is 140 Å². The molecule has 1 heterocycles. The molecule has 0 saturated carbocycles. The summed E-state index contributed by atoms with van der Waals surface area (Å²) in [5.74, 6) is -0.00717. The molecule has 0 aliphatic carbocycles. The van der Waals surface area contributed by atoms with E-state index in [1.54, 1.807) is 18.2 Å². The van der Waals surface area contributed by atoms with Crippen molar-refractivity contribution in [1.82, 2.24) is 0 Å². The summed E-state index contributed by atoms with van der Waals surface area (Å²) in [7, 11) is 0. The first-order valence-electron chi connectivity index (χ1n) is 6.72. The molecule has 1 atom stereocenters. The lowest BCUT2D eigenvalue weighted by atomic mass is 10.1. The van der Waals surface area contributed by atoms with Crippen molar-refractivity contribution in [2.75, 3.05) is 10.7 Å². The summed E-state index contributed by atoms with van der Waals surface area (Å²) < 4.78 is 38.7. The van der Waals surface area contributed by atoms with Gasteiger partial charge in [0, 0.05) is 10.7 Å². The van der Waals surface area contributed by atoms with Crippen LogP contribution in [0.25, 0.3) is 0 Å². The number of nitrogens with zero attached hydrogens (tertiary/aromatic N) is 1. The third-order valence-electron chi connectivity index (χ3n) is 3.45. The summed E-state index contributed by atoms with van der Waals surface area (Å²) in [5, 5.41) is 0.135. The van der Waals surface area contributed by atoms with Gasteiger partial charge in [0.25, 0.3) is 0 Å². The molecular formula is C16H11ClF3NOS. The average Bonchev–Trinajstić information content (AvgIpc) is 2.88. The van der Waals surface area contributed by atoms with Gasteiger partial charge in [0.05, 0.1) is 11.3 Å². The fourth-order valence-electron chi connectivity index (χ4n) is 2.44. The van der Waals surface area contributed by atoms with Gasteiger partial charge in [-0.2, -0.15) is 13.2 Å². The van der Waals surface area contributed by atoms with E-state index in [1.807, 2.05) is 6.07 Å². The van der Waals surface area contributed by atoms with Crippen LogP contribution in [0.15, 0.2) is 48.5 Å². The maximum absolute atomic E-state index is 12.9. The lowest BCUT2D eigenvalue weighted by Gasteiger charge is -2.25. The Morgan fingerprint density at radius 2 is 1.87 bits per heavy atom. The van der Waals surface area contributed by atoms with Crippen LogP contribution in [0.5, 0.6) is 0 Å². The number of halogens is 4. The van der Waals surface area contributed by atoms with Gasteiger partial charge in [-0.3, -0.25) is 9.69 Å². The molecule has 1 amide bonds. The van der Waals surface area contributed by atoms with Gasteiger partial charge >= 0.3 is 6.18 Å². The Bertz CT molecular complexity index is 750. The number of benzene rings is 2. The highest BCUT2D eigenvalue weighted by atomic mass is 35.5. The molecule has 0 radical (unpaired) electrons. The minimum absolute atomic E-state index is 0.216. The molecule has 0 N–H and O–H groups in total. The zero-order valence-corrected chi connectivity index (χ0v) is 13.3. The van der Waals surface area contributed by atoms with E-state index in [0.29, 0.717) is 5.02 Å². The molecule has 1 saturated heterocycles. The number of rotatable bonds is 2. The second kappa shape index (κ2) is 6.09. The molecular weight excluding hydrogens is 347 g/mol. The molecule has 1 aliphatic heterocycles. The average molecular weight is 358 g/mol. The number of carbonyl (C=O) groups is 1. The smallest absolute Gasteiger partial charge is 0.295 e. The van der Waals surface area contributed by atoms with E-state index in [1.165, 1.54) is 28.8 Å². The zero-order chi connectivity index (χ0) is 16.6. The molecule has 0 aromatic heterocycles. The van der Waals surface area contributed by atoms with E-state index in [-0.39, 0.29) is 22.7 Å². The molecule has 23 heavy (non-hydrogen) atoms. The van der Waals surface area contributed by atoms with Gasteiger partial charge in [0.1, 0.15) is 5.37 Å². The number of anilines is 1. The summed E-state index contributed by atoms with van der Waals surface area (Å²) in [5.41, 5.74) is 0.245. The van der Waals surface area contributed by atoms with Gasteiger partial charge in [0.2, 0.25) is 5.91 Å². The zero-order valence-electron chi connectivity index (χ0n) is 11.7. The van der Waals surface area contributed by atoms with E-state index >= 15 is 0 Å². The van der Waals surface area contributed by atoms with Crippen molar-refractivity contribution >= 4 is 35.0 Å². The fourth-order valence-corrected chi connectivity index (χ4v) is 3.81. The summed E-state index contributed by atoms with van der Waals surface area (Å²) in [6, 6.07) is 11.8. The second-order valence-corrected chi connectivity index (χ2v) is 6.54. The van der Waals surface area contributed by atoms with Gasteiger partial charge in [-0.15, -0.1) is 11.8 Å². The van der Waals surface area contributed by atoms with Crippen LogP contribution in [-0.2, 0) is 11.0 Å². The van der Waals surface area contributed by atoms with Crippen LogP contribution in [0, 0.1) is 0 Å². The molecule has 1 fully saturated rings. The van der Waals surface area contributed by atoms with E-state index in [2.05, 4.69) is 0 Å². The Morgan fingerprint density at radius 3 is 2.57 bits per heavy atom. The minimum atomic E-state index is -4.45. The van der Waals surface area contributed by atoms with Gasteiger partial charge in [-0.05, 0) is 35.9 Å². The predicted molar refractivity (Wildman–Crippen MR) is 85.6 cm³/mol. The summed E-state index contributed by atoms with van der Waals surface area (Å²) in [6.45, 7) is 0. The van der Waals surface area contributed by atoms with Gasteiger partial charge in [-0.1, -0.05) is 29.8 Å². The largest absolute Gasteiger partial charge is 0.416 e. The van der Waals surface area contributed by atoms with Crippen molar-refractivity contribution in [3.8, 4) is 0 Å². The Balaban J connectivity index is 2.01. The highest BCUT2D eigenvalue weighted by Crippen LogP contribution is 2.43. The Hall–Kier alpha value is -1.66. The first-order chi connectivity index (χ1) is 10.9. The highest BCUT2D eigenvalue weighted by Gasteiger charge is 2.36. The van der Waals surface area contributed by atoms with Crippen LogP contribution in [-0.4, -0.2) is 11.7 Å². The van der Waals surface area contributed by atoms with Crippen molar-refractivity contribution in [1.29, 1.82) is 0 Å². The van der Waals surface area contributed by atoms with Crippen LogP contribution in [0.4, 0.5) is 18.9 Å². The van der Waals surface area contributed by atoms with Crippen LogP contribution in [0.1, 0.15) is 16.5 Å². The minimum Gasteiger partial charge on any atom is -0.295 e. The van der Waals surface area contributed by atoms with Crippen molar-refractivity contribution in [2.24, 2.45) is 0 Å². The summed E-state index contributed by atoms with van der Waals surface area (Å²) >= 11 is 7.34. The molecule has 0 spiro atoms. The lowest BCUT2D eigenvalue weighted by Crippen LogP contribution is -2.28. The van der Waals surface area contributed by atoms with Gasteiger partial charge in [-0.25, -0.2) is 0 Å². The van der Waals surface area contributed by atoms with Crippen molar-refractivity contribution in [2.45, 2.75) is 11.6 Å². The number of carbonyl (C=O) groups excluding carboxylic acids is 1. The molecule has 7 heteroatoms. The SMILES string of the molecule is O=C1CSC(c2cccc(Cl)c2)N1c1cccc(C(F)(F)F)c1. The molecule has 2 aromatic rings. The summed E-state index contributed by atoms with van der Waals surface area (Å²) in [6.07, 6.45) is -4.45. The molecule has 2 nitrogen and oxygen atoms in total. The number of hydrogen-bond acceptors (Lipinski definition) is 2. The number of alkyl halides is 3. The van der Waals surface area contributed by atoms with Crippen molar-refractivity contribution < 1.29 is 18.0 Å². The lowest BCUT2D eigenvalue weighted by molar-refractivity contribution is -0.137. The first kappa shape index (κ1) is 16.2. The van der Waals surface area contributed by atoms with Crippen molar-refractivity contribution in [3.63, 3.8) is 0 Å². The number of hydrogen-bond donors (Lipinski definition) is 0. The number of thioether (sulfide) groups is 1. The van der Waals surface area contributed by atoms with E-state index in [0.717, 1.165) is 17.7 Å². The quantitative estimate of drug-likeness (QED) is 0.742. The fraction of sp³-hybridized carbons (Fsp3) is 0.188. The topological polar surface area (TPSA) is 20.3 Å². The molecule has 1 aliphatic rings. The molecule has 3 rings (SSSR count). The summed E-state index contributed by atoms with van der Waals surface area (Å²) in [4.78, 5) is 13.6. The third kappa shape index (κ3) is 3.33. The molecule has 1 unspecified atom stereocenters. The second-order valence-electron chi connectivity index (χ2n) is 5.03.